The molecule has 10 rings (SSSR count). The first kappa shape index (κ1) is 34.4. The van der Waals surface area contributed by atoms with Crippen LogP contribution in [-0.4, -0.2) is 11.5 Å². The van der Waals surface area contributed by atoms with Gasteiger partial charge in [0.15, 0.2) is 5.84 Å². The summed E-state index contributed by atoms with van der Waals surface area (Å²) < 4.78 is 6.20. The van der Waals surface area contributed by atoms with E-state index in [1.165, 1.54) is 27.8 Å². The van der Waals surface area contributed by atoms with E-state index < -0.39 is 0 Å². The molecule has 0 amide bonds. The van der Waals surface area contributed by atoms with Crippen molar-refractivity contribution in [1.82, 2.24) is 0 Å². The van der Waals surface area contributed by atoms with Gasteiger partial charge in [0.25, 0.3) is 0 Å². The zero-order valence-corrected chi connectivity index (χ0v) is 31.7. The number of nitrogens with zero attached hydrogens (tertiary/aromatic N) is 2. The molecule has 7 aromatic carbocycles. The first-order valence-electron chi connectivity index (χ1n) is 19.6. The van der Waals surface area contributed by atoms with Crippen molar-refractivity contribution in [3.63, 3.8) is 0 Å². The van der Waals surface area contributed by atoms with Crippen molar-refractivity contribution in [2.75, 3.05) is 0 Å². The van der Waals surface area contributed by atoms with Crippen molar-refractivity contribution in [3.8, 4) is 11.1 Å². The van der Waals surface area contributed by atoms with Crippen molar-refractivity contribution in [1.29, 1.82) is 0 Å². The normalized spacial score (nSPS) is 17.3. The van der Waals surface area contributed by atoms with E-state index >= 15 is 0 Å². The third-order valence-electron chi connectivity index (χ3n) is 11.8. The highest BCUT2D eigenvalue weighted by molar-refractivity contribution is 6.14. The molecule has 0 spiro atoms. The van der Waals surface area contributed by atoms with E-state index in [0.29, 0.717) is 11.5 Å². The van der Waals surface area contributed by atoms with Gasteiger partial charge in [0.1, 0.15) is 11.2 Å². The summed E-state index contributed by atoms with van der Waals surface area (Å²) in [7, 11) is 0. The standard InChI is InChI=1S/C54H40N2O/c1-36(38-26-28-40(29-27-38)39-16-6-3-7-17-39)55-53(42-31-33-52-48(35-42)46-23-13-15-25-51(46)57-52)56-37(2)41-30-32-50-47(34-41)45-22-12-14-24-49(45)54(50,43-18-8-4-9-19-43)44-20-10-5-11-21-44/h3-35,47,50H,2H2,1H3/b55-36+,56-53-. The summed E-state index contributed by atoms with van der Waals surface area (Å²) in [6.45, 7) is 6.65. The van der Waals surface area contributed by atoms with E-state index in [1.54, 1.807) is 0 Å². The number of amidine groups is 1. The summed E-state index contributed by atoms with van der Waals surface area (Å²) in [6.07, 6.45) is 7.00. The third-order valence-corrected chi connectivity index (χ3v) is 11.8. The molecule has 0 saturated carbocycles. The van der Waals surface area contributed by atoms with Gasteiger partial charge in [-0.05, 0) is 75.7 Å². The van der Waals surface area contributed by atoms with Gasteiger partial charge >= 0.3 is 0 Å². The van der Waals surface area contributed by atoms with E-state index in [4.69, 9.17) is 14.4 Å². The molecule has 57 heavy (non-hydrogen) atoms. The van der Waals surface area contributed by atoms with Crippen LogP contribution in [0.3, 0.4) is 0 Å². The second-order valence-corrected chi connectivity index (χ2v) is 15.0. The minimum atomic E-state index is -0.349. The first-order valence-corrected chi connectivity index (χ1v) is 19.6. The van der Waals surface area contributed by atoms with Gasteiger partial charge in [-0.15, -0.1) is 0 Å². The smallest absolute Gasteiger partial charge is 0.160 e. The Bertz CT molecular complexity index is 2870. The zero-order valence-electron chi connectivity index (χ0n) is 31.7. The second kappa shape index (κ2) is 14.2. The van der Waals surface area contributed by atoms with Gasteiger partial charge in [0, 0.05) is 33.9 Å². The summed E-state index contributed by atoms with van der Waals surface area (Å²) in [5.41, 5.74) is 13.4. The van der Waals surface area contributed by atoms with Gasteiger partial charge < -0.3 is 4.42 Å². The fourth-order valence-corrected chi connectivity index (χ4v) is 9.13. The summed E-state index contributed by atoms with van der Waals surface area (Å²) in [5, 5.41) is 2.09. The predicted molar refractivity (Wildman–Crippen MR) is 236 cm³/mol. The molecular weight excluding hydrogens is 693 g/mol. The number of aliphatic imine (C=N–C) groups is 2. The molecule has 8 aromatic rings. The van der Waals surface area contributed by atoms with E-state index in [-0.39, 0.29) is 17.3 Å². The fraction of sp³-hybridized carbons (Fsp3) is 0.0741. The van der Waals surface area contributed by atoms with Gasteiger partial charge in [-0.1, -0.05) is 183 Å². The quantitative estimate of drug-likeness (QED) is 0.119. The van der Waals surface area contributed by atoms with Gasteiger partial charge in [0.05, 0.1) is 11.1 Å². The monoisotopic (exact) mass is 732 g/mol. The minimum absolute atomic E-state index is 0.124. The number of allylic oxidation sites excluding steroid dienone is 3. The number of benzene rings is 7. The van der Waals surface area contributed by atoms with Crippen molar-refractivity contribution >= 4 is 33.5 Å². The molecule has 0 radical (unpaired) electrons. The minimum Gasteiger partial charge on any atom is -0.456 e. The number of hydrogen-bond donors (Lipinski definition) is 0. The van der Waals surface area contributed by atoms with Crippen LogP contribution in [0, 0.1) is 5.92 Å². The lowest BCUT2D eigenvalue weighted by molar-refractivity contribution is 0.455. The highest BCUT2D eigenvalue weighted by Crippen LogP contribution is 2.60. The summed E-state index contributed by atoms with van der Waals surface area (Å²) >= 11 is 0. The maximum atomic E-state index is 6.20. The number of fused-ring (bicyclic) bond motifs is 6. The van der Waals surface area contributed by atoms with Crippen LogP contribution >= 0.6 is 0 Å². The lowest BCUT2D eigenvalue weighted by Gasteiger charge is -2.39. The fourth-order valence-electron chi connectivity index (χ4n) is 9.13. The van der Waals surface area contributed by atoms with Crippen LogP contribution < -0.4 is 0 Å². The molecule has 2 aliphatic carbocycles. The molecule has 1 heterocycles. The van der Waals surface area contributed by atoms with Crippen LogP contribution in [0.2, 0.25) is 0 Å². The van der Waals surface area contributed by atoms with Gasteiger partial charge in [-0.3, -0.25) is 0 Å². The molecule has 0 saturated heterocycles. The average molecular weight is 733 g/mol. The SMILES string of the molecule is C=C(/N=C(\N=C(/C)c1ccc(-c2ccccc2)cc1)c1ccc2oc3ccccc3c2c1)C1=CC2c3ccccc3C(c3ccccc3)(c3ccccc3)C2C=C1. The molecule has 0 aliphatic heterocycles. The Labute approximate surface area is 333 Å². The summed E-state index contributed by atoms with van der Waals surface area (Å²) in [4.78, 5) is 10.5. The molecule has 2 atom stereocenters. The molecule has 1 aromatic heterocycles. The van der Waals surface area contributed by atoms with Crippen LogP contribution in [0.5, 0.6) is 0 Å². The predicted octanol–water partition coefficient (Wildman–Crippen LogP) is 13.3. The van der Waals surface area contributed by atoms with Crippen LogP contribution in [0.1, 0.15) is 46.2 Å². The molecule has 2 aliphatic rings. The lowest BCUT2D eigenvalue weighted by Crippen LogP contribution is -2.35. The Morgan fingerprint density at radius 2 is 1.18 bits per heavy atom. The van der Waals surface area contributed by atoms with E-state index in [1.807, 2.05) is 37.3 Å². The van der Waals surface area contributed by atoms with E-state index in [9.17, 15) is 0 Å². The molecular formula is C54H40N2O. The van der Waals surface area contributed by atoms with E-state index in [2.05, 4.69) is 176 Å². The van der Waals surface area contributed by atoms with Crippen LogP contribution in [0.25, 0.3) is 33.1 Å². The molecule has 272 valence electrons. The average Bonchev–Trinajstić information content (AvgIpc) is 3.80. The molecule has 0 bridgehead atoms. The van der Waals surface area contributed by atoms with Crippen LogP contribution in [0.15, 0.2) is 232 Å². The van der Waals surface area contributed by atoms with Crippen LogP contribution in [-0.2, 0) is 5.41 Å². The highest BCUT2D eigenvalue weighted by atomic mass is 16.3. The Balaban J connectivity index is 1.07. The topological polar surface area (TPSA) is 37.9 Å². The summed E-state index contributed by atoms with van der Waals surface area (Å²) in [6, 6.07) is 64.3. The third kappa shape index (κ3) is 5.91. The number of furan rings is 1. The zero-order chi connectivity index (χ0) is 38.3. The number of para-hydroxylation sites is 1. The van der Waals surface area contributed by atoms with Gasteiger partial charge in [-0.2, -0.15) is 0 Å². The second-order valence-electron chi connectivity index (χ2n) is 15.0. The maximum Gasteiger partial charge on any atom is 0.160 e. The molecule has 3 nitrogen and oxygen atoms in total. The van der Waals surface area contributed by atoms with Gasteiger partial charge in [-0.25, -0.2) is 9.98 Å². The molecule has 3 heteroatoms. The Morgan fingerprint density at radius 1 is 0.579 bits per heavy atom. The Hall–Kier alpha value is -7.10. The first-order chi connectivity index (χ1) is 28.1. The maximum absolute atomic E-state index is 6.20. The van der Waals surface area contributed by atoms with E-state index in [0.717, 1.165) is 49.9 Å². The Kier molecular flexibility index (Phi) is 8.57. The van der Waals surface area contributed by atoms with Crippen molar-refractivity contribution in [3.05, 3.63) is 251 Å². The Morgan fingerprint density at radius 3 is 1.91 bits per heavy atom. The molecule has 0 N–H and O–H groups in total. The molecule has 2 unspecified atom stereocenters. The van der Waals surface area contributed by atoms with Crippen molar-refractivity contribution < 1.29 is 4.42 Å². The van der Waals surface area contributed by atoms with Crippen molar-refractivity contribution in [2.24, 2.45) is 15.9 Å². The van der Waals surface area contributed by atoms with Crippen LogP contribution in [0.4, 0.5) is 0 Å². The molecule has 0 fully saturated rings. The lowest BCUT2D eigenvalue weighted by atomic mass is 9.63. The number of rotatable bonds is 7. The number of hydrogen-bond acceptors (Lipinski definition) is 2. The van der Waals surface area contributed by atoms with Gasteiger partial charge in [0.2, 0.25) is 0 Å². The largest absolute Gasteiger partial charge is 0.456 e. The highest BCUT2D eigenvalue weighted by Gasteiger charge is 2.53. The summed E-state index contributed by atoms with van der Waals surface area (Å²) in [5.74, 6) is 0.887. The van der Waals surface area contributed by atoms with Crippen molar-refractivity contribution in [2.45, 2.75) is 18.3 Å².